The smallest absolute Gasteiger partial charge is 0.0672 e. The first-order valence-corrected chi connectivity index (χ1v) is 9.16. The van der Waals surface area contributed by atoms with Crippen molar-refractivity contribution < 1.29 is 0 Å². The molecule has 118 valence electrons. The van der Waals surface area contributed by atoms with Gasteiger partial charge >= 0.3 is 0 Å². The summed E-state index contributed by atoms with van der Waals surface area (Å²) in [4.78, 5) is 5.31. The number of rotatable bonds is 5. The van der Waals surface area contributed by atoms with E-state index in [-0.39, 0.29) is 5.92 Å². The van der Waals surface area contributed by atoms with E-state index >= 15 is 0 Å². The highest BCUT2D eigenvalue weighted by molar-refractivity contribution is 4.98. The molecule has 0 amide bonds. The van der Waals surface area contributed by atoms with Crippen molar-refractivity contribution in [1.29, 1.82) is 5.26 Å². The zero-order valence-corrected chi connectivity index (χ0v) is 13.6. The van der Waals surface area contributed by atoms with Crippen LogP contribution in [0, 0.1) is 29.1 Å². The molecule has 0 radical (unpaired) electrons. The van der Waals surface area contributed by atoms with Crippen molar-refractivity contribution in [2.75, 3.05) is 32.7 Å². The third-order valence-electron chi connectivity index (χ3n) is 5.88. The molecule has 1 saturated heterocycles. The first-order chi connectivity index (χ1) is 10.3. The molecule has 2 aliphatic carbocycles. The van der Waals surface area contributed by atoms with Crippen LogP contribution in [0.2, 0.25) is 0 Å². The van der Waals surface area contributed by atoms with Gasteiger partial charge in [-0.25, -0.2) is 0 Å². The van der Waals surface area contributed by atoms with E-state index in [4.69, 9.17) is 0 Å². The largest absolute Gasteiger partial charge is 0.301 e. The van der Waals surface area contributed by atoms with Crippen molar-refractivity contribution in [2.24, 2.45) is 17.8 Å². The van der Waals surface area contributed by atoms with Crippen LogP contribution in [-0.2, 0) is 0 Å². The Morgan fingerprint density at radius 1 is 1.00 bits per heavy atom. The summed E-state index contributed by atoms with van der Waals surface area (Å²) in [5.74, 6) is 2.16. The molecule has 3 atom stereocenters. The Labute approximate surface area is 130 Å². The maximum absolute atomic E-state index is 9.50. The first-order valence-electron chi connectivity index (χ1n) is 9.16. The van der Waals surface area contributed by atoms with Gasteiger partial charge in [0.2, 0.25) is 0 Å². The Kier molecular flexibility index (Phi) is 5.19. The van der Waals surface area contributed by atoms with Gasteiger partial charge in [0.1, 0.15) is 0 Å². The van der Waals surface area contributed by atoms with Crippen molar-refractivity contribution in [2.45, 2.75) is 57.9 Å². The molecule has 1 heterocycles. The first kappa shape index (κ1) is 15.3. The quantitative estimate of drug-likeness (QED) is 0.779. The van der Waals surface area contributed by atoms with Crippen LogP contribution in [0.25, 0.3) is 0 Å². The van der Waals surface area contributed by atoms with Crippen LogP contribution in [0.1, 0.15) is 51.9 Å². The van der Waals surface area contributed by atoms with Crippen LogP contribution in [0.15, 0.2) is 0 Å². The number of nitrogens with zero attached hydrogens (tertiary/aromatic N) is 3. The molecule has 3 rings (SSSR count). The fourth-order valence-corrected chi connectivity index (χ4v) is 4.40. The van der Waals surface area contributed by atoms with Crippen molar-refractivity contribution in [1.82, 2.24) is 9.80 Å². The molecule has 21 heavy (non-hydrogen) atoms. The molecule has 0 N–H and O–H groups in total. The Bertz CT molecular complexity index is 363. The monoisotopic (exact) mass is 289 g/mol. The predicted octanol–water partition coefficient (Wildman–Crippen LogP) is 3.12. The van der Waals surface area contributed by atoms with Gasteiger partial charge in [-0.2, -0.15) is 5.26 Å². The molecule has 0 aromatic heterocycles. The third kappa shape index (κ3) is 3.99. The molecule has 1 aliphatic heterocycles. The lowest BCUT2D eigenvalue weighted by Crippen LogP contribution is -2.53. The molecule has 3 unspecified atom stereocenters. The zero-order valence-electron chi connectivity index (χ0n) is 13.6. The van der Waals surface area contributed by atoms with Gasteiger partial charge in [0, 0.05) is 38.8 Å². The summed E-state index contributed by atoms with van der Waals surface area (Å²) >= 11 is 0. The SMILES string of the molecule is CCCC1CCC(C#N)C(N2CCN(CC3CC3)CC2)C1. The van der Waals surface area contributed by atoms with Gasteiger partial charge in [0.15, 0.2) is 0 Å². The van der Waals surface area contributed by atoms with Crippen LogP contribution < -0.4 is 0 Å². The van der Waals surface area contributed by atoms with Gasteiger partial charge < -0.3 is 4.90 Å². The normalized spacial score (nSPS) is 35.5. The van der Waals surface area contributed by atoms with Gasteiger partial charge in [0.05, 0.1) is 12.0 Å². The summed E-state index contributed by atoms with van der Waals surface area (Å²) in [7, 11) is 0. The Balaban J connectivity index is 1.52. The van der Waals surface area contributed by atoms with Crippen LogP contribution in [0.5, 0.6) is 0 Å². The lowest BCUT2D eigenvalue weighted by molar-refractivity contribution is 0.0465. The highest BCUT2D eigenvalue weighted by Crippen LogP contribution is 2.35. The standard InChI is InChI=1S/C18H31N3/c1-2-3-15-6-7-17(13-19)18(12-15)21-10-8-20(9-11-21)14-16-4-5-16/h15-18H,2-12,14H2,1H3. The maximum atomic E-state index is 9.50. The van der Waals surface area contributed by atoms with Crippen LogP contribution in [-0.4, -0.2) is 48.6 Å². The minimum atomic E-state index is 0.285. The van der Waals surface area contributed by atoms with E-state index < -0.39 is 0 Å². The van der Waals surface area contributed by atoms with Gasteiger partial charge in [-0.1, -0.05) is 19.8 Å². The maximum Gasteiger partial charge on any atom is 0.0672 e. The van der Waals surface area contributed by atoms with Gasteiger partial charge in [-0.15, -0.1) is 0 Å². The molecule has 3 fully saturated rings. The molecule has 0 spiro atoms. The minimum absolute atomic E-state index is 0.285. The van der Waals surface area contributed by atoms with Crippen molar-refractivity contribution >= 4 is 0 Å². The Morgan fingerprint density at radius 2 is 1.71 bits per heavy atom. The molecular weight excluding hydrogens is 258 g/mol. The van der Waals surface area contributed by atoms with Crippen molar-refractivity contribution in [3.63, 3.8) is 0 Å². The average molecular weight is 289 g/mol. The van der Waals surface area contributed by atoms with Crippen LogP contribution in [0.3, 0.4) is 0 Å². The highest BCUT2D eigenvalue weighted by Gasteiger charge is 2.36. The Hall–Kier alpha value is -0.590. The second-order valence-corrected chi connectivity index (χ2v) is 7.55. The second-order valence-electron chi connectivity index (χ2n) is 7.55. The van der Waals surface area contributed by atoms with E-state index in [0.29, 0.717) is 6.04 Å². The molecule has 0 aromatic rings. The van der Waals surface area contributed by atoms with Crippen LogP contribution >= 0.6 is 0 Å². The third-order valence-corrected chi connectivity index (χ3v) is 5.88. The van der Waals surface area contributed by atoms with Gasteiger partial charge in [-0.05, 0) is 43.9 Å². The van der Waals surface area contributed by atoms with E-state index in [9.17, 15) is 5.26 Å². The summed E-state index contributed by atoms with van der Waals surface area (Å²) in [6.07, 6.45) is 9.25. The van der Waals surface area contributed by atoms with E-state index in [1.165, 1.54) is 71.2 Å². The van der Waals surface area contributed by atoms with Gasteiger partial charge in [-0.3, -0.25) is 4.90 Å². The molecule has 0 aromatic carbocycles. The fraction of sp³-hybridized carbons (Fsp3) is 0.944. The highest BCUT2D eigenvalue weighted by atomic mass is 15.3. The minimum Gasteiger partial charge on any atom is -0.301 e. The summed E-state index contributed by atoms with van der Waals surface area (Å²) < 4.78 is 0. The summed E-state index contributed by atoms with van der Waals surface area (Å²) in [6.45, 7) is 8.46. The predicted molar refractivity (Wildman–Crippen MR) is 85.9 cm³/mol. The van der Waals surface area contributed by atoms with E-state index in [2.05, 4.69) is 22.8 Å². The number of piperazine rings is 1. The van der Waals surface area contributed by atoms with E-state index in [0.717, 1.165) is 18.3 Å². The average Bonchev–Trinajstić information content (AvgIpc) is 3.32. The zero-order chi connectivity index (χ0) is 14.7. The van der Waals surface area contributed by atoms with Gasteiger partial charge in [0.25, 0.3) is 0 Å². The Morgan fingerprint density at radius 3 is 2.33 bits per heavy atom. The van der Waals surface area contributed by atoms with Crippen molar-refractivity contribution in [3.8, 4) is 6.07 Å². The molecule has 2 saturated carbocycles. The van der Waals surface area contributed by atoms with E-state index in [1.54, 1.807) is 0 Å². The molecule has 3 aliphatic rings. The summed E-state index contributed by atoms with van der Waals surface area (Å²) in [6, 6.07) is 3.16. The molecule has 0 bridgehead atoms. The van der Waals surface area contributed by atoms with Crippen molar-refractivity contribution in [3.05, 3.63) is 0 Å². The number of hydrogen-bond acceptors (Lipinski definition) is 3. The second kappa shape index (κ2) is 7.11. The van der Waals surface area contributed by atoms with Crippen LogP contribution in [0.4, 0.5) is 0 Å². The molecule has 3 nitrogen and oxygen atoms in total. The molecule has 3 heteroatoms. The topological polar surface area (TPSA) is 30.3 Å². The lowest BCUT2D eigenvalue weighted by Gasteiger charge is -2.44. The van der Waals surface area contributed by atoms with E-state index in [1.807, 2.05) is 0 Å². The molecular formula is C18H31N3. The lowest BCUT2D eigenvalue weighted by atomic mass is 9.76. The fourth-order valence-electron chi connectivity index (χ4n) is 4.40. The number of nitriles is 1. The summed E-state index contributed by atoms with van der Waals surface area (Å²) in [5.41, 5.74) is 0. The summed E-state index contributed by atoms with van der Waals surface area (Å²) in [5, 5.41) is 9.50. The number of hydrogen-bond donors (Lipinski definition) is 0.